The number of carbonyl (C=O) groups is 1. The predicted octanol–water partition coefficient (Wildman–Crippen LogP) is 2.64. The smallest absolute Gasteiger partial charge is 0.197 e. The maximum Gasteiger partial charge on any atom is 0.197 e. The minimum Gasteiger partial charge on any atom is -0.299 e. The van der Waals surface area contributed by atoms with Crippen LogP contribution in [0.4, 0.5) is 17.6 Å². The zero-order chi connectivity index (χ0) is 12.1. The third kappa shape index (κ3) is 0.839. The number of Topliss-reactive ketones (excluding diaryl/α,β-unsaturated/α-hetero) is 1. The molecule has 5 rings (SSSR count). The summed E-state index contributed by atoms with van der Waals surface area (Å²) in [5.74, 6) is -7.88. The van der Waals surface area contributed by atoms with Gasteiger partial charge in [-0.15, -0.1) is 0 Å². The quantitative estimate of drug-likeness (QED) is 0.388. The Hall–Kier alpha value is -1.39. The summed E-state index contributed by atoms with van der Waals surface area (Å²) in [7, 11) is 0. The van der Waals surface area contributed by atoms with Crippen molar-refractivity contribution in [2.75, 3.05) is 0 Å². The molecule has 0 N–H and O–H groups in total. The molecule has 17 heavy (non-hydrogen) atoms. The molecule has 4 aliphatic rings. The van der Waals surface area contributed by atoms with Crippen molar-refractivity contribution >= 4 is 5.78 Å². The molecule has 5 heteroatoms. The standard InChI is InChI=1S/C12H6F4O/c13-8-5-3-1-2-4(6(2)12(3)17)7(5)9(14)11(16)10(8)15/h2-4,6H,1H2. The molecule has 1 aromatic rings. The van der Waals surface area contributed by atoms with Crippen LogP contribution >= 0.6 is 0 Å². The molecule has 4 unspecified atom stereocenters. The molecule has 2 fully saturated rings. The number of hydrogen-bond acceptors (Lipinski definition) is 1. The molecule has 1 nitrogen and oxygen atoms in total. The van der Waals surface area contributed by atoms with Gasteiger partial charge in [0.05, 0.1) is 0 Å². The van der Waals surface area contributed by atoms with Gasteiger partial charge in [-0.3, -0.25) is 4.79 Å². The van der Waals surface area contributed by atoms with Gasteiger partial charge in [0.15, 0.2) is 23.3 Å². The predicted molar refractivity (Wildman–Crippen MR) is 48.4 cm³/mol. The average molecular weight is 242 g/mol. The molecule has 0 aliphatic heterocycles. The van der Waals surface area contributed by atoms with Crippen molar-refractivity contribution < 1.29 is 22.4 Å². The van der Waals surface area contributed by atoms with Crippen molar-refractivity contribution in [1.82, 2.24) is 0 Å². The van der Waals surface area contributed by atoms with E-state index in [1.807, 2.05) is 0 Å². The Morgan fingerprint density at radius 1 is 0.824 bits per heavy atom. The highest BCUT2D eigenvalue weighted by Crippen LogP contribution is 2.70. The molecule has 1 aromatic carbocycles. The van der Waals surface area contributed by atoms with E-state index in [1.54, 1.807) is 0 Å². The Labute approximate surface area is 93.4 Å². The van der Waals surface area contributed by atoms with E-state index in [1.165, 1.54) is 0 Å². The topological polar surface area (TPSA) is 17.1 Å². The van der Waals surface area contributed by atoms with Gasteiger partial charge in [-0.2, -0.15) is 0 Å². The number of hydrogen-bond donors (Lipinski definition) is 0. The first-order valence-corrected chi connectivity index (χ1v) is 5.43. The van der Waals surface area contributed by atoms with Crippen molar-refractivity contribution in [3.05, 3.63) is 34.4 Å². The first-order chi connectivity index (χ1) is 8.04. The molecule has 0 saturated heterocycles. The summed E-state index contributed by atoms with van der Waals surface area (Å²) >= 11 is 0. The minimum atomic E-state index is -1.81. The zero-order valence-corrected chi connectivity index (χ0v) is 8.44. The van der Waals surface area contributed by atoms with Crippen LogP contribution in [0.3, 0.4) is 0 Å². The van der Waals surface area contributed by atoms with Gasteiger partial charge in [-0.05, 0) is 12.3 Å². The Kier molecular flexibility index (Phi) is 1.44. The molecule has 0 amide bonds. The van der Waals surface area contributed by atoms with E-state index in [9.17, 15) is 22.4 Å². The van der Waals surface area contributed by atoms with E-state index in [0.717, 1.165) is 0 Å². The summed E-state index contributed by atoms with van der Waals surface area (Å²) < 4.78 is 53.5. The minimum absolute atomic E-state index is 0.0127. The summed E-state index contributed by atoms with van der Waals surface area (Å²) in [5.41, 5.74) is -0.325. The summed E-state index contributed by atoms with van der Waals surface area (Å²) in [6.45, 7) is 0. The lowest BCUT2D eigenvalue weighted by atomic mass is 9.78. The van der Waals surface area contributed by atoms with Crippen molar-refractivity contribution in [1.29, 1.82) is 0 Å². The van der Waals surface area contributed by atoms with Crippen LogP contribution < -0.4 is 0 Å². The highest BCUT2D eigenvalue weighted by Gasteiger charge is 2.68. The van der Waals surface area contributed by atoms with Gasteiger partial charge in [0.1, 0.15) is 5.78 Å². The maximum absolute atomic E-state index is 13.6. The Morgan fingerprint density at radius 3 is 1.94 bits per heavy atom. The third-order valence-corrected chi connectivity index (χ3v) is 4.37. The van der Waals surface area contributed by atoms with Crippen LogP contribution in [0.15, 0.2) is 0 Å². The monoisotopic (exact) mass is 242 g/mol. The molecule has 2 saturated carbocycles. The second-order valence-electron chi connectivity index (χ2n) is 4.99. The fourth-order valence-electron chi connectivity index (χ4n) is 3.66. The van der Waals surface area contributed by atoms with Crippen molar-refractivity contribution in [3.63, 3.8) is 0 Å². The van der Waals surface area contributed by atoms with Gasteiger partial charge in [0, 0.05) is 28.9 Å². The number of ketones is 1. The van der Waals surface area contributed by atoms with E-state index in [2.05, 4.69) is 0 Å². The van der Waals surface area contributed by atoms with Gasteiger partial charge in [-0.1, -0.05) is 0 Å². The first-order valence-electron chi connectivity index (χ1n) is 5.43. The Balaban J connectivity index is 2.10. The normalized spacial score (nSPS) is 36.1. The third-order valence-electron chi connectivity index (χ3n) is 4.37. The van der Waals surface area contributed by atoms with Crippen LogP contribution in [-0.4, -0.2) is 5.78 Å². The van der Waals surface area contributed by atoms with E-state index in [-0.39, 0.29) is 28.7 Å². The van der Waals surface area contributed by atoms with Gasteiger partial charge >= 0.3 is 0 Å². The molecule has 4 bridgehead atoms. The molecular weight excluding hydrogens is 236 g/mol. The lowest BCUT2D eigenvalue weighted by Crippen LogP contribution is -2.24. The fourth-order valence-corrected chi connectivity index (χ4v) is 3.66. The highest BCUT2D eigenvalue weighted by atomic mass is 19.2. The number of benzene rings is 1. The molecule has 4 aliphatic carbocycles. The molecular formula is C12H6F4O. The van der Waals surface area contributed by atoms with Crippen LogP contribution in [0, 0.1) is 35.1 Å². The summed E-state index contributed by atoms with van der Waals surface area (Å²) in [6, 6.07) is 0. The molecule has 0 radical (unpaired) electrons. The summed E-state index contributed by atoms with van der Waals surface area (Å²) in [5, 5.41) is 0. The van der Waals surface area contributed by atoms with Crippen LogP contribution in [0.5, 0.6) is 0 Å². The second-order valence-corrected chi connectivity index (χ2v) is 4.99. The number of carbonyl (C=O) groups excluding carboxylic acids is 1. The van der Waals surface area contributed by atoms with Crippen molar-refractivity contribution in [2.45, 2.75) is 18.3 Å². The zero-order valence-electron chi connectivity index (χ0n) is 8.44. The van der Waals surface area contributed by atoms with Crippen LogP contribution in [0.1, 0.15) is 29.4 Å². The Bertz CT molecular complexity index is 595. The molecule has 0 aromatic heterocycles. The summed E-state index contributed by atoms with van der Waals surface area (Å²) in [6.07, 6.45) is 0.447. The van der Waals surface area contributed by atoms with E-state index >= 15 is 0 Å². The highest BCUT2D eigenvalue weighted by molar-refractivity contribution is 5.97. The van der Waals surface area contributed by atoms with Gasteiger partial charge < -0.3 is 0 Å². The van der Waals surface area contributed by atoms with E-state index in [0.29, 0.717) is 6.42 Å². The SMILES string of the molecule is O=C1C2CC3C1C3c1c(F)c(F)c(F)c(F)c12. The maximum atomic E-state index is 13.6. The average Bonchev–Trinajstić information content (AvgIpc) is 2.96. The van der Waals surface area contributed by atoms with Crippen molar-refractivity contribution in [3.8, 4) is 0 Å². The molecule has 0 heterocycles. The molecule has 4 atom stereocenters. The van der Waals surface area contributed by atoms with Crippen LogP contribution in [-0.2, 0) is 4.79 Å². The van der Waals surface area contributed by atoms with Gasteiger partial charge in [-0.25, -0.2) is 17.6 Å². The summed E-state index contributed by atoms with van der Waals surface area (Å²) in [4.78, 5) is 11.7. The lowest BCUT2D eigenvalue weighted by Gasteiger charge is -2.26. The van der Waals surface area contributed by atoms with Crippen LogP contribution in [0.2, 0.25) is 0 Å². The molecule has 0 spiro atoms. The van der Waals surface area contributed by atoms with Crippen LogP contribution in [0.25, 0.3) is 0 Å². The largest absolute Gasteiger partial charge is 0.299 e. The van der Waals surface area contributed by atoms with Gasteiger partial charge in [0.25, 0.3) is 0 Å². The number of halogens is 4. The molecule has 88 valence electrons. The van der Waals surface area contributed by atoms with Crippen molar-refractivity contribution in [2.24, 2.45) is 11.8 Å². The Morgan fingerprint density at radius 2 is 1.41 bits per heavy atom. The first kappa shape index (κ1) is 9.62. The van der Waals surface area contributed by atoms with Gasteiger partial charge in [0.2, 0.25) is 0 Å². The van der Waals surface area contributed by atoms with E-state index < -0.39 is 35.1 Å². The number of rotatable bonds is 0. The lowest BCUT2D eigenvalue weighted by molar-refractivity contribution is -0.121. The second kappa shape index (κ2) is 2.54. The fraction of sp³-hybridized carbons (Fsp3) is 0.417. The van der Waals surface area contributed by atoms with E-state index in [4.69, 9.17) is 0 Å².